The van der Waals surface area contributed by atoms with Gasteiger partial charge in [0.1, 0.15) is 15.7 Å². The van der Waals surface area contributed by atoms with Crippen molar-refractivity contribution in [3.05, 3.63) is 69.9 Å². The molecule has 0 saturated heterocycles. The summed E-state index contributed by atoms with van der Waals surface area (Å²) in [5.41, 5.74) is -0.889. The number of benzene rings is 2. The van der Waals surface area contributed by atoms with Crippen molar-refractivity contribution in [1.29, 1.82) is 0 Å². The number of hydrogen-bond acceptors (Lipinski definition) is 6. The van der Waals surface area contributed by atoms with E-state index in [9.17, 15) is 26.4 Å². The predicted molar refractivity (Wildman–Crippen MR) is 119 cm³/mol. The molecule has 1 aromatic heterocycles. The van der Waals surface area contributed by atoms with Crippen molar-refractivity contribution in [2.24, 2.45) is 0 Å². The Labute approximate surface area is 203 Å². The molecule has 1 atom stereocenters. The summed E-state index contributed by atoms with van der Waals surface area (Å²) in [5, 5.41) is 4.28. The fourth-order valence-electron chi connectivity index (χ4n) is 3.73. The van der Waals surface area contributed by atoms with E-state index in [1.54, 1.807) is 38.1 Å². The number of amides is 1. The average molecular weight is 530 g/mol. The van der Waals surface area contributed by atoms with Crippen molar-refractivity contribution >= 4 is 27.5 Å². The standard InChI is InChI=1S/C22H19ClF3N3O5S/c1-11(2)14-9-13(33-3)10-15-16(14)20(30)29(35(15,31)32)21(12-7-5-4-6-8-12)34-19-17(23)18(27-28-19)22(24,25)26/h4-11,21H,1-3H3,(H,27,28). The van der Waals surface area contributed by atoms with Gasteiger partial charge in [0, 0.05) is 11.6 Å². The second kappa shape index (κ2) is 8.76. The minimum Gasteiger partial charge on any atom is -0.497 e. The van der Waals surface area contributed by atoms with Gasteiger partial charge >= 0.3 is 6.18 Å². The fourth-order valence-corrected chi connectivity index (χ4v) is 5.64. The lowest BCUT2D eigenvalue weighted by Gasteiger charge is -2.27. The SMILES string of the molecule is COc1cc(C(C)C)c2c(c1)S(=O)(=O)N(C(Oc1[nH]nc(C(F)(F)F)c1Cl)c1ccccc1)C2=O. The Balaban J connectivity index is 1.88. The summed E-state index contributed by atoms with van der Waals surface area (Å²) in [7, 11) is -3.14. The van der Waals surface area contributed by atoms with Gasteiger partial charge in [-0.15, -0.1) is 0 Å². The van der Waals surface area contributed by atoms with Gasteiger partial charge in [-0.1, -0.05) is 55.8 Å². The second-order valence-corrected chi connectivity index (χ2v) is 10.1. The van der Waals surface area contributed by atoms with E-state index in [2.05, 4.69) is 5.10 Å². The number of nitrogens with one attached hydrogen (secondary N) is 1. The number of halogens is 4. The van der Waals surface area contributed by atoms with Gasteiger partial charge in [0.05, 0.1) is 12.7 Å². The Hall–Kier alpha value is -3.25. The maximum absolute atomic E-state index is 13.6. The first kappa shape index (κ1) is 24.9. The predicted octanol–water partition coefficient (Wildman–Crippen LogP) is 5.14. The van der Waals surface area contributed by atoms with Gasteiger partial charge in [0.15, 0.2) is 5.69 Å². The van der Waals surface area contributed by atoms with Crippen LogP contribution in [-0.4, -0.2) is 35.9 Å². The van der Waals surface area contributed by atoms with Crippen molar-refractivity contribution in [2.75, 3.05) is 7.11 Å². The number of fused-ring (bicyclic) bond motifs is 1. The fraction of sp³-hybridized carbons (Fsp3) is 0.273. The van der Waals surface area contributed by atoms with Crippen LogP contribution in [0.15, 0.2) is 47.4 Å². The third kappa shape index (κ3) is 4.20. The summed E-state index contributed by atoms with van der Waals surface area (Å²) in [5.74, 6) is -1.56. The molecule has 0 saturated carbocycles. The van der Waals surface area contributed by atoms with Crippen LogP contribution in [-0.2, 0) is 16.2 Å². The number of carbonyl (C=O) groups excluding carboxylic acids is 1. The number of alkyl halides is 3. The molecule has 13 heteroatoms. The van der Waals surface area contributed by atoms with Gasteiger partial charge in [-0.25, -0.2) is 13.5 Å². The maximum Gasteiger partial charge on any atom is 0.436 e. The monoisotopic (exact) mass is 529 g/mol. The van der Waals surface area contributed by atoms with Crippen LogP contribution in [0.1, 0.15) is 53.2 Å². The van der Waals surface area contributed by atoms with Crippen LogP contribution in [0.25, 0.3) is 0 Å². The number of ether oxygens (including phenoxy) is 2. The van der Waals surface area contributed by atoms with Gasteiger partial charge in [0.2, 0.25) is 12.1 Å². The molecule has 3 aromatic rings. The molecule has 2 heterocycles. The van der Waals surface area contributed by atoms with E-state index >= 15 is 0 Å². The van der Waals surface area contributed by atoms with E-state index in [4.69, 9.17) is 21.1 Å². The molecule has 1 N–H and O–H groups in total. The first-order valence-electron chi connectivity index (χ1n) is 10.2. The first-order chi connectivity index (χ1) is 16.4. The number of sulfonamides is 1. The van der Waals surface area contributed by atoms with Crippen LogP contribution < -0.4 is 9.47 Å². The largest absolute Gasteiger partial charge is 0.497 e. The minimum absolute atomic E-state index is 0.0583. The van der Waals surface area contributed by atoms with Crippen LogP contribution in [0.2, 0.25) is 5.02 Å². The summed E-state index contributed by atoms with van der Waals surface area (Å²) in [4.78, 5) is 13.3. The Kier molecular flexibility index (Phi) is 6.22. The zero-order valence-electron chi connectivity index (χ0n) is 18.6. The van der Waals surface area contributed by atoms with Crippen LogP contribution >= 0.6 is 11.6 Å². The molecule has 1 aliphatic rings. The molecule has 0 aliphatic carbocycles. The quantitative estimate of drug-likeness (QED) is 0.474. The highest BCUT2D eigenvalue weighted by Crippen LogP contribution is 2.44. The topological polar surface area (TPSA) is 102 Å². The molecular formula is C22H19ClF3N3O5S. The summed E-state index contributed by atoms with van der Waals surface area (Å²) < 4.78 is 78.1. The van der Waals surface area contributed by atoms with E-state index in [0.717, 1.165) is 0 Å². The molecule has 1 aliphatic heterocycles. The number of H-pyrrole nitrogens is 1. The molecule has 8 nitrogen and oxygen atoms in total. The van der Waals surface area contributed by atoms with Crippen LogP contribution in [0.5, 0.6) is 11.6 Å². The molecule has 35 heavy (non-hydrogen) atoms. The van der Waals surface area contributed by atoms with E-state index in [1.807, 2.05) is 5.10 Å². The highest BCUT2D eigenvalue weighted by Gasteiger charge is 2.49. The molecule has 186 valence electrons. The number of aromatic nitrogens is 2. The van der Waals surface area contributed by atoms with Crippen LogP contribution in [0.3, 0.4) is 0 Å². The molecule has 2 aromatic carbocycles. The van der Waals surface area contributed by atoms with Crippen molar-refractivity contribution in [3.8, 4) is 11.6 Å². The van der Waals surface area contributed by atoms with Crippen molar-refractivity contribution in [2.45, 2.75) is 37.1 Å². The zero-order chi connectivity index (χ0) is 25.7. The third-order valence-electron chi connectivity index (χ3n) is 5.39. The summed E-state index contributed by atoms with van der Waals surface area (Å²) >= 11 is 5.84. The van der Waals surface area contributed by atoms with Gasteiger partial charge in [-0.05, 0) is 17.5 Å². The number of nitrogens with zero attached hydrogens (tertiary/aromatic N) is 2. The van der Waals surface area contributed by atoms with Crippen molar-refractivity contribution in [3.63, 3.8) is 0 Å². The lowest BCUT2D eigenvalue weighted by Crippen LogP contribution is -2.37. The number of methoxy groups -OCH3 is 1. The molecule has 0 fully saturated rings. The van der Waals surface area contributed by atoms with E-state index < -0.39 is 44.9 Å². The van der Waals surface area contributed by atoms with Crippen LogP contribution in [0, 0.1) is 0 Å². The van der Waals surface area contributed by atoms with Crippen molar-refractivity contribution < 1.29 is 35.9 Å². The lowest BCUT2D eigenvalue weighted by atomic mass is 9.96. The Morgan fingerprint density at radius 1 is 1.14 bits per heavy atom. The number of aromatic amines is 1. The lowest BCUT2D eigenvalue weighted by molar-refractivity contribution is -0.141. The van der Waals surface area contributed by atoms with Gasteiger partial charge in [0.25, 0.3) is 15.9 Å². The molecular weight excluding hydrogens is 511 g/mol. The van der Waals surface area contributed by atoms with Gasteiger partial charge < -0.3 is 9.47 Å². The second-order valence-electron chi connectivity index (χ2n) is 7.94. The van der Waals surface area contributed by atoms with Gasteiger partial charge in [-0.2, -0.15) is 22.6 Å². The third-order valence-corrected chi connectivity index (χ3v) is 7.49. The minimum atomic E-state index is -4.88. The molecule has 0 radical (unpaired) electrons. The zero-order valence-corrected chi connectivity index (χ0v) is 20.1. The molecule has 0 bridgehead atoms. The summed E-state index contributed by atoms with van der Waals surface area (Å²) in [6.45, 7) is 3.57. The van der Waals surface area contributed by atoms with Crippen LogP contribution in [0.4, 0.5) is 13.2 Å². The smallest absolute Gasteiger partial charge is 0.436 e. The number of rotatable bonds is 6. The number of carbonyl (C=O) groups is 1. The van der Waals surface area contributed by atoms with E-state index in [0.29, 0.717) is 9.87 Å². The Morgan fingerprint density at radius 3 is 2.34 bits per heavy atom. The maximum atomic E-state index is 13.6. The normalized spacial score (nSPS) is 15.9. The average Bonchev–Trinajstić information content (AvgIpc) is 3.26. The molecule has 1 amide bonds. The van der Waals surface area contributed by atoms with E-state index in [-0.39, 0.29) is 27.7 Å². The Bertz CT molecular complexity index is 1390. The summed E-state index contributed by atoms with van der Waals surface area (Å²) in [6, 6.07) is 10.5. The first-order valence-corrected chi connectivity index (χ1v) is 12.0. The van der Waals surface area contributed by atoms with Crippen molar-refractivity contribution in [1.82, 2.24) is 14.5 Å². The molecule has 4 rings (SSSR count). The molecule has 0 spiro atoms. The Morgan fingerprint density at radius 2 is 1.80 bits per heavy atom. The van der Waals surface area contributed by atoms with Gasteiger partial charge in [-0.3, -0.25) is 4.79 Å². The number of hydrogen-bond donors (Lipinski definition) is 1. The highest BCUT2D eigenvalue weighted by atomic mass is 35.5. The highest BCUT2D eigenvalue weighted by molar-refractivity contribution is 7.90. The van der Waals surface area contributed by atoms with E-state index in [1.165, 1.54) is 25.3 Å². The summed E-state index contributed by atoms with van der Waals surface area (Å²) in [6.07, 6.45) is -6.57. The molecule has 1 unspecified atom stereocenters.